The SMILES string of the molecule is COC(=O)c1cc(N=Nc2ccc(S(=O)(=O)Cl)cc2)ccc1O. The Hall–Kier alpha value is -2.45. The molecule has 0 radical (unpaired) electrons. The molecule has 2 aromatic carbocycles. The minimum Gasteiger partial charge on any atom is -0.507 e. The van der Waals surface area contributed by atoms with Crippen molar-refractivity contribution in [2.45, 2.75) is 4.90 Å². The van der Waals surface area contributed by atoms with Gasteiger partial charge in [-0.15, -0.1) is 0 Å². The Morgan fingerprint density at radius 3 is 2.22 bits per heavy atom. The van der Waals surface area contributed by atoms with Crippen LogP contribution in [0.5, 0.6) is 5.75 Å². The summed E-state index contributed by atoms with van der Waals surface area (Å²) in [4.78, 5) is 11.4. The van der Waals surface area contributed by atoms with E-state index >= 15 is 0 Å². The van der Waals surface area contributed by atoms with Gasteiger partial charge in [-0.2, -0.15) is 10.2 Å². The van der Waals surface area contributed by atoms with Crippen LogP contribution in [0.15, 0.2) is 57.6 Å². The van der Waals surface area contributed by atoms with Gasteiger partial charge in [-0.25, -0.2) is 13.2 Å². The van der Waals surface area contributed by atoms with Crippen LogP contribution in [0.3, 0.4) is 0 Å². The molecule has 0 aromatic heterocycles. The van der Waals surface area contributed by atoms with E-state index in [1.54, 1.807) is 0 Å². The molecule has 1 N–H and O–H groups in total. The maximum atomic E-state index is 11.5. The zero-order chi connectivity index (χ0) is 17.0. The molecule has 0 aliphatic carbocycles. The molecule has 0 fully saturated rings. The number of phenolic OH excluding ortho intramolecular Hbond substituents is 1. The highest BCUT2D eigenvalue weighted by Crippen LogP contribution is 2.26. The number of hydrogen-bond acceptors (Lipinski definition) is 7. The minimum absolute atomic E-state index is 0.0347. The fraction of sp³-hybridized carbons (Fsp3) is 0.0714. The van der Waals surface area contributed by atoms with Crippen molar-refractivity contribution in [3.63, 3.8) is 0 Å². The van der Waals surface area contributed by atoms with Crippen LogP contribution in [0, 0.1) is 0 Å². The molecule has 0 amide bonds. The molecule has 0 saturated carbocycles. The number of carbonyl (C=O) groups excluding carboxylic acids is 1. The van der Waals surface area contributed by atoms with E-state index < -0.39 is 15.0 Å². The minimum atomic E-state index is -3.79. The number of azo groups is 1. The highest BCUT2D eigenvalue weighted by atomic mass is 35.7. The number of nitrogens with zero attached hydrogens (tertiary/aromatic N) is 2. The average molecular weight is 355 g/mol. The first kappa shape index (κ1) is 16.9. The summed E-state index contributed by atoms with van der Waals surface area (Å²) in [6.45, 7) is 0. The fourth-order valence-corrected chi connectivity index (χ4v) is 2.42. The predicted molar refractivity (Wildman–Crippen MR) is 83.1 cm³/mol. The molecule has 0 spiro atoms. The van der Waals surface area contributed by atoms with Crippen LogP contribution in [-0.4, -0.2) is 26.6 Å². The van der Waals surface area contributed by atoms with Crippen LogP contribution in [0.2, 0.25) is 0 Å². The summed E-state index contributed by atoms with van der Waals surface area (Å²) in [6, 6.07) is 9.54. The number of hydrogen-bond donors (Lipinski definition) is 1. The van der Waals surface area contributed by atoms with Crippen molar-refractivity contribution < 1.29 is 23.1 Å². The average Bonchev–Trinajstić information content (AvgIpc) is 2.53. The van der Waals surface area contributed by atoms with Crippen molar-refractivity contribution in [1.29, 1.82) is 0 Å². The molecule has 7 nitrogen and oxygen atoms in total. The van der Waals surface area contributed by atoms with Crippen LogP contribution in [0.4, 0.5) is 11.4 Å². The number of esters is 1. The Morgan fingerprint density at radius 1 is 1.09 bits per heavy atom. The zero-order valence-electron chi connectivity index (χ0n) is 11.8. The highest BCUT2D eigenvalue weighted by molar-refractivity contribution is 8.13. The van der Waals surface area contributed by atoms with E-state index in [4.69, 9.17) is 10.7 Å². The summed E-state index contributed by atoms with van der Waals surface area (Å²) in [5, 5.41) is 17.4. The van der Waals surface area contributed by atoms with Gasteiger partial charge in [-0.3, -0.25) is 0 Å². The molecular weight excluding hydrogens is 344 g/mol. The Morgan fingerprint density at radius 2 is 1.65 bits per heavy atom. The zero-order valence-corrected chi connectivity index (χ0v) is 13.4. The van der Waals surface area contributed by atoms with Gasteiger partial charge >= 0.3 is 5.97 Å². The molecule has 0 unspecified atom stereocenters. The topological polar surface area (TPSA) is 105 Å². The lowest BCUT2D eigenvalue weighted by molar-refractivity contribution is 0.0597. The number of carbonyl (C=O) groups is 1. The fourth-order valence-electron chi connectivity index (χ4n) is 1.65. The lowest BCUT2D eigenvalue weighted by atomic mass is 10.2. The predicted octanol–water partition coefficient (Wildman–Crippen LogP) is 3.52. The Balaban J connectivity index is 2.25. The summed E-state index contributed by atoms with van der Waals surface area (Å²) in [7, 11) is 2.62. The number of methoxy groups -OCH3 is 1. The van der Waals surface area contributed by atoms with Gasteiger partial charge in [0.05, 0.1) is 23.4 Å². The first-order valence-electron chi connectivity index (χ1n) is 6.19. The summed E-state index contributed by atoms with van der Waals surface area (Å²) < 4.78 is 26.8. The van der Waals surface area contributed by atoms with Crippen LogP contribution < -0.4 is 0 Å². The highest BCUT2D eigenvalue weighted by Gasteiger charge is 2.12. The lowest BCUT2D eigenvalue weighted by Crippen LogP contribution is -2.00. The van der Waals surface area contributed by atoms with Crippen LogP contribution in [0.25, 0.3) is 0 Å². The number of rotatable bonds is 4. The van der Waals surface area contributed by atoms with Gasteiger partial charge in [-0.05, 0) is 42.5 Å². The van der Waals surface area contributed by atoms with E-state index in [2.05, 4.69) is 15.0 Å². The molecular formula is C14H11ClN2O5S. The van der Waals surface area contributed by atoms with E-state index in [0.29, 0.717) is 11.4 Å². The maximum Gasteiger partial charge on any atom is 0.341 e. The first-order chi connectivity index (χ1) is 10.8. The standard InChI is InChI=1S/C14H11ClN2O5S/c1-22-14(19)12-8-10(4-7-13(12)18)17-16-9-2-5-11(6-3-9)23(15,20)21/h2-8,18H,1H3. The third kappa shape index (κ3) is 4.27. The van der Waals surface area contributed by atoms with Crippen molar-refractivity contribution in [2.24, 2.45) is 10.2 Å². The Labute approximate surface area is 136 Å². The quantitative estimate of drug-likeness (QED) is 0.513. The van der Waals surface area contributed by atoms with Crippen LogP contribution >= 0.6 is 10.7 Å². The van der Waals surface area contributed by atoms with Gasteiger partial charge < -0.3 is 9.84 Å². The van der Waals surface area contributed by atoms with Gasteiger partial charge in [0.25, 0.3) is 9.05 Å². The number of halogens is 1. The second-order valence-electron chi connectivity index (χ2n) is 4.32. The van der Waals surface area contributed by atoms with E-state index in [9.17, 15) is 18.3 Å². The first-order valence-corrected chi connectivity index (χ1v) is 8.50. The number of aromatic hydroxyl groups is 1. The molecule has 0 aliphatic heterocycles. The second kappa shape index (κ2) is 6.76. The molecule has 120 valence electrons. The van der Waals surface area contributed by atoms with Gasteiger partial charge in [0.2, 0.25) is 0 Å². The van der Waals surface area contributed by atoms with Gasteiger partial charge in [0, 0.05) is 10.7 Å². The van der Waals surface area contributed by atoms with Gasteiger partial charge in [0.1, 0.15) is 11.3 Å². The van der Waals surface area contributed by atoms with Gasteiger partial charge in [-0.1, -0.05) is 0 Å². The van der Waals surface area contributed by atoms with E-state index in [0.717, 1.165) is 0 Å². The van der Waals surface area contributed by atoms with E-state index in [-0.39, 0.29) is 16.2 Å². The summed E-state index contributed by atoms with van der Waals surface area (Å²) in [6.07, 6.45) is 0. The molecule has 2 rings (SSSR count). The summed E-state index contributed by atoms with van der Waals surface area (Å²) in [5.41, 5.74) is 0.673. The Kier molecular flexibility index (Phi) is 4.97. The largest absolute Gasteiger partial charge is 0.507 e. The van der Waals surface area contributed by atoms with Gasteiger partial charge in [0.15, 0.2) is 0 Å². The van der Waals surface area contributed by atoms with E-state index in [1.165, 1.54) is 49.6 Å². The maximum absolute atomic E-state index is 11.5. The van der Waals surface area contributed by atoms with Crippen LogP contribution in [-0.2, 0) is 13.8 Å². The second-order valence-corrected chi connectivity index (χ2v) is 6.89. The summed E-state index contributed by atoms with van der Waals surface area (Å²) in [5.74, 6) is -0.927. The number of benzene rings is 2. The molecule has 0 atom stereocenters. The normalized spacial score (nSPS) is 11.6. The third-order valence-corrected chi connectivity index (χ3v) is 4.15. The number of phenols is 1. The van der Waals surface area contributed by atoms with Crippen molar-refractivity contribution in [3.8, 4) is 5.75 Å². The van der Waals surface area contributed by atoms with Crippen LogP contribution in [0.1, 0.15) is 10.4 Å². The molecule has 23 heavy (non-hydrogen) atoms. The third-order valence-electron chi connectivity index (χ3n) is 2.78. The molecule has 0 aliphatic rings. The smallest absolute Gasteiger partial charge is 0.341 e. The molecule has 0 heterocycles. The molecule has 9 heteroatoms. The van der Waals surface area contributed by atoms with Crippen molar-refractivity contribution in [3.05, 3.63) is 48.0 Å². The lowest BCUT2D eigenvalue weighted by Gasteiger charge is -2.02. The number of ether oxygens (including phenoxy) is 1. The molecule has 2 aromatic rings. The summed E-state index contributed by atoms with van der Waals surface area (Å²) >= 11 is 0. The van der Waals surface area contributed by atoms with Crippen molar-refractivity contribution in [2.75, 3.05) is 7.11 Å². The monoisotopic (exact) mass is 354 g/mol. The Bertz CT molecular complexity index is 863. The van der Waals surface area contributed by atoms with E-state index in [1.807, 2.05) is 0 Å². The molecule has 0 saturated heterocycles. The van der Waals surface area contributed by atoms with Crippen molar-refractivity contribution in [1.82, 2.24) is 0 Å². The van der Waals surface area contributed by atoms with Crippen molar-refractivity contribution >= 4 is 37.1 Å². The molecule has 0 bridgehead atoms.